The maximum atomic E-state index is 12.5. The van der Waals surface area contributed by atoms with E-state index < -0.39 is 0 Å². The first-order chi connectivity index (χ1) is 14.2. The molecule has 0 aromatic heterocycles. The quantitative estimate of drug-likeness (QED) is 0.686. The number of benzene rings is 1. The number of nitrogens with one attached hydrogen (secondary N) is 3. The van der Waals surface area contributed by atoms with Gasteiger partial charge in [0.2, 0.25) is 5.91 Å². The predicted molar refractivity (Wildman–Crippen MR) is 119 cm³/mol. The molecule has 0 radical (unpaired) electrons. The van der Waals surface area contributed by atoms with E-state index in [0.717, 1.165) is 25.3 Å². The lowest BCUT2D eigenvalue weighted by atomic mass is 9.65. The van der Waals surface area contributed by atoms with Crippen LogP contribution in [0, 0.1) is 5.41 Å². The van der Waals surface area contributed by atoms with Crippen LogP contribution >= 0.6 is 0 Å². The molecular weight excluding hydrogens is 360 g/mol. The maximum Gasteiger partial charge on any atom is 0.238 e. The highest BCUT2D eigenvalue weighted by Crippen LogP contribution is 2.43. The average molecular weight is 399 g/mol. The summed E-state index contributed by atoms with van der Waals surface area (Å²) in [5, 5.41) is 10.2. The Balaban J connectivity index is 1.24. The summed E-state index contributed by atoms with van der Waals surface area (Å²) in [6, 6.07) is 8.89. The van der Waals surface area contributed by atoms with Crippen molar-refractivity contribution in [2.75, 3.05) is 38.0 Å². The number of amides is 1. The Morgan fingerprint density at radius 2 is 1.76 bits per heavy atom. The Morgan fingerprint density at radius 3 is 2.52 bits per heavy atom. The van der Waals surface area contributed by atoms with Gasteiger partial charge in [-0.05, 0) is 87.8 Å². The molecule has 160 valence electrons. The first-order valence-electron chi connectivity index (χ1n) is 11.8. The van der Waals surface area contributed by atoms with Crippen molar-refractivity contribution in [2.45, 2.75) is 70.4 Å². The summed E-state index contributed by atoms with van der Waals surface area (Å²) >= 11 is 0. The summed E-state index contributed by atoms with van der Waals surface area (Å²) in [5.74, 6) is 0.0726. The van der Waals surface area contributed by atoms with Crippen LogP contribution in [0.2, 0.25) is 0 Å². The van der Waals surface area contributed by atoms with E-state index in [1.54, 1.807) is 0 Å². The van der Waals surface area contributed by atoms with E-state index in [9.17, 15) is 4.79 Å². The van der Waals surface area contributed by atoms with Crippen molar-refractivity contribution >= 4 is 11.6 Å². The van der Waals surface area contributed by atoms with Crippen molar-refractivity contribution in [3.8, 4) is 0 Å². The number of hydrogen-bond donors (Lipinski definition) is 3. The Morgan fingerprint density at radius 1 is 1.00 bits per heavy atom. The van der Waals surface area contributed by atoms with Crippen LogP contribution in [0.3, 0.4) is 0 Å². The van der Waals surface area contributed by atoms with E-state index in [2.05, 4.69) is 33.0 Å². The topological polar surface area (TPSA) is 56.4 Å². The molecule has 3 N–H and O–H groups in total. The van der Waals surface area contributed by atoms with Crippen LogP contribution in [0.4, 0.5) is 5.69 Å². The van der Waals surface area contributed by atoms with Crippen LogP contribution in [0.15, 0.2) is 24.3 Å². The molecule has 1 unspecified atom stereocenters. The van der Waals surface area contributed by atoms with E-state index in [1.165, 1.54) is 76.4 Å². The summed E-state index contributed by atoms with van der Waals surface area (Å²) < 4.78 is 0. The zero-order valence-electron chi connectivity index (χ0n) is 17.8. The predicted octanol–water partition coefficient (Wildman–Crippen LogP) is 3.51. The van der Waals surface area contributed by atoms with Gasteiger partial charge >= 0.3 is 0 Å². The number of carbonyl (C=O) groups is 1. The molecular formula is C24H38N4O. The summed E-state index contributed by atoms with van der Waals surface area (Å²) in [7, 11) is 0. The zero-order valence-corrected chi connectivity index (χ0v) is 17.8. The number of likely N-dealkylation sites (tertiary alicyclic amines) is 1. The normalized spacial score (nSPS) is 25.0. The first kappa shape index (κ1) is 20.8. The zero-order chi connectivity index (χ0) is 19.9. The fourth-order valence-corrected chi connectivity index (χ4v) is 5.64. The van der Waals surface area contributed by atoms with Crippen molar-refractivity contribution in [1.29, 1.82) is 0 Å². The van der Waals surface area contributed by atoms with Gasteiger partial charge in [0.05, 0.1) is 6.54 Å². The average Bonchev–Trinajstić information content (AvgIpc) is 2.76. The molecule has 1 saturated carbocycles. The minimum Gasteiger partial charge on any atom is -0.325 e. The van der Waals surface area contributed by atoms with Gasteiger partial charge in [-0.3, -0.25) is 9.69 Å². The second-order valence-electron chi connectivity index (χ2n) is 9.37. The number of hydrogen-bond acceptors (Lipinski definition) is 4. The van der Waals surface area contributed by atoms with Gasteiger partial charge in [-0.2, -0.15) is 0 Å². The third kappa shape index (κ3) is 5.59. The van der Waals surface area contributed by atoms with E-state index >= 15 is 0 Å². The van der Waals surface area contributed by atoms with Gasteiger partial charge in [0.1, 0.15) is 0 Å². The fourth-order valence-electron chi connectivity index (χ4n) is 5.64. The van der Waals surface area contributed by atoms with Gasteiger partial charge in [0.25, 0.3) is 0 Å². The van der Waals surface area contributed by atoms with Gasteiger partial charge in [-0.25, -0.2) is 0 Å². The maximum absolute atomic E-state index is 12.5. The molecule has 2 heterocycles. The third-order valence-corrected chi connectivity index (χ3v) is 7.36. The van der Waals surface area contributed by atoms with E-state index in [4.69, 9.17) is 0 Å². The molecule has 1 spiro atoms. The summed E-state index contributed by atoms with van der Waals surface area (Å²) in [4.78, 5) is 15.1. The van der Waals surface area contributed by atoms with Crippen molar-refractivity contribution in [3.63, 3.8) is 0 Å². The molecule has 3 fully saturated rings. The minimum atomic E-state index is 0.0726. The summed E-state index contributed by atoms with van der Waals surface area (Å²) in [6.45, 7) is 6.10. The Bertz CT molecular complexity index is 639. The SMILES string of the molecule is O=C(CNC1CCCCC12CCNCC2)Nc1ccc(CN2CCCCC2)cc1. The van der Waals surface area contributed by atoms with Crippen molar-refractivity contribution < 1.29 is 4.79 Å². The molecule has 4 rings (SSSR count). The van der Waals surface area contributed by atoms with Crippen LogP contribution in [0.1, 0.15) is 63.4 Å². The highest BCUT2D eigenvalue weighted by Gasteiger charge is 2.41. The molecule has 3 aliphatic rings. The van der Waals surface area contributed by atoms with Crippen molar-refractivity contribution in [3.05, 3.63) is 29.8 Å². The summed E-state index contributed by atoms with van der Waals surface area (Å²) in [5.41, 5.74) is 2.64. The molecule has 1 amide bonds. The second-order valence-corrected chi connectivity index (χ2v) is 9.37. The highest BCUT2D eigenvalue weighted by atomic mass is 16.1. The molecule has 1 aliphatic carbocycles. The highest BCUT2D eigenvalue weighted by molar-refractivity contribution is 5.92. The van der Waals surface area contributed by atoms with Gasteiger partial charge in [-0.1, -0.05) is 31.4 Å². The molecule has 1 aromatic rings. The van der Waals surface area contributed by atoms with Crippen LogP contribution in [0.25, 0.3) is 0 Å². The van der Waals surface area contributed by atoms with Crippen molar-refractivity contribution in [1.82, 2.24) is 15.5 Å². The number of rotatable bonds is 6. The van der Waals surface area contributed by atoms with Gasteiger partial charge in [0.15, 0.2) is 0 Å². The molecule has 29 heavy (non-hydrogen) atoms. The molecule has 2 aliphatic heterocycles. The van der Waals surface area contributed by atoms with E-state index in [-0.39, 0.29) is 5.91 Å². The number of anilines is 1. The molecule has 1 atom stereocenters. The third-order valence-electron chi connectivity index (χ3n) is 7.36. The molecule has 2 saturated heterocycles. The fraction of sp³-hybridized carbons (Fsp3) is 0.708. The molecule has 5 heteroatoms. The molecule has 1 aromatic carbocycles. The lowest BCUT2D eigenvalue weighted by Crippen LogP contribution is -2.53. The Hall–Kier alpha value is -1.43. The largest absolute Gasteiger partial charge is 0.325 e. The van der Waals surface area contributed by atoms with Crippen LogP contribution in [0.5, 0.6) is 0 Å². The van der Waals surface area contributed by atoms with Crippen LogP contribution in [-0.2, 0) is 11.3 Å². The van der Waals surface area contributed by atoms with Gasteiger partial charge < -0.3 is 16.0 Å². The smallest absolute Gasteiger partial charge is 0.238 e. The monoisotopic (exact) mass is 398 g/mol. The van der Waals surface area contributed by atoms with E-state index in [1.807, 2.05) is 12.1 Å². The second kappa shape index (κ2) is 10.1. The van der Waals surface area contributed by atoms with Gasteiger partial charge in [0, 0.05) is 18.3 Å². The van der Waals surface area contributed by atoms with E-state index in [0.29, 0.717) is 18.0 Å². The first-order valence-corrected chi connectivity index (χ1v) is 11.8. The number of carbonyl (C=O) groups excluding carboxylic acids is 1. The summed E-state index contributed by atoms with van der Waals surface area (Å²) in [6.07, 6.45) is 11.6. The van der Waals surface area contributed by atoms with Crippen molar-refractivity contribution in [2.24, 2.45) is 5.41 Å². The lowest BCUT2D eigenvalue weighted by molar-refractivity contribution is -0.115. The molecule has 5 nitrogen and oxygen atoms in total. The minimum absolute atomic E-state index is 0.0726. The standard InChI is InChI=1S/C24H38N4O/c29-23(18-26-22-6-2-3-11-24(22)12-14-25-15-13-24)27-21-9-7-20(8-10-21)19-28-16-4-1-5-17-28/h7-10,22,25-26H,1-6,11-19H2,(H,27,29). The van der Waals surface area contributed by atoms with Crippen LogP contribution < -0.4 is 16.0 Å². The number of nitrogens with zero attached hydrogens (tertiary/aromatic N) is 1. The Labute approximate surface area is 176 Å². The Kier molecular flexibility index (Phi) is 7.22. The van der Waals surface area contributed by atoms with Crippen LogP contribution in [-0.4, -0.2) is 49.6 Å². The number of piperidine rings is 2. The molecule has 0 bridgehead atoms. The van der Waals surface area contributed by atoms with Gasteiger partial charge in [-0.15, -0.1) is 0 Å². The lowest BCUT2D eigenvalue weighted by Gasteiger charge is -2.47.